The Morgan fingerprint density at radius 2 is 1.97 bits per heavy atom. The third-order valence-electron chi connectivity index (χ3n) is 7.02. The van der Waals surface area contributed by atoms with Crippen LogP contribution in [0, 0.1) is 10.8 Å². The van der Waals surface area contributed by atoms with E-state index in [9.17, 15) is 13.2 Å². The second kappa shape index (κ2) is 8.56. The maximum absolute atomic E-state index is 13.6. The second-order valence-corrected chi connectivity index (χ2v) is 12.9. The molecular formula is C25H35N3O4S. The largest absolute Gasteiger partial charge is 0.468 e. The number of carbonyl (C=O) groups is 1. The lowest BCUT2D eigenvalue weighted by atomic mass is 9.65. The summed E-state index contributed by atoms with van der Waals surface area (Å²) in [5.41, 5.74) is 0.462. The molecule has 1 amide bonds. The summed E-state index contributed by atoms with van der Waals surface area (Å²) in [4.78, 5) is 15.0. The van der Waals surface area contributed by atoms with Gasteiger partial charge >= 0.3 is 0 Å². The van der Waals surface area contributed by atoms with Crippen molar-refractivity contribution in [1.82, 2.24) is 14.5 Å². The van der Waals surface area contributed by atoms with Gasteiger partial charge in [0.05, 0.1) is 17.2 Å². The zero-order valence-electron chi connectivity index (χ0n) is 20.2. The molecule has 1 aromatic carbocycles. The first-order valence-electron chi connectivity index (χ1n) is 11.5. The summed E-state index contributed by atoms with van der Waals surface area (Å²) < 4.78 is 34.4. The maximum atomic E-state index is 13.6. The van der Waals surface area contributed by atoms with Crippen molar-refractivity contribution in [2.24, 2.45) is 10.8 Å². The van der Waals surface area contributed by atoms with E-state index in [2.05, 4.69) is 26.1 Å². The third kappa shape index (κ3) is 4.88. The monoisotopic (exact) mass is 473 g/mol. The van der Waals surface area contributed by atoms with Gasteiger partial charge in [0.25, 0.3) is 5.91 Å². The van der Waals surface area contributed by atoms with Crippen LogP contribution in [-0.2, 0) is 10.0 Å². The zero-order valence-corrected chi connectivity index (χ0v) is 21.0. The summed E-state index contributed by atoms with van der Waals surface area (Å²) in [5.74, 6) is 0.451. The van der Waals surface area contributed by atoms with Crippen molar-refractivity contribution in [3.63, 3.8) is 0 Å². The van der Waals surface area contributed by atoms with E-state index in [0.717, 1.165) is 25.0 Å². The average molecular weight is 474 g/mol. The number of benzene rings is 1. The molecule has 0 radical (unpaired) electrons. The fraction of sp³-hybridized carbons (Fsp3) is 0.560. The van der Waals surface area contributed by atoms with E-state index in [1.807, 2.05) is 31.1 Å². The number of hydrogen-bond donors (Lipinski definition) is 1. The molecule has 2 aromatic rings. The molecule has 4 rings (SSSR count). The Balaban J connectivity index is 1.51. The Kier molecular flexibility index (Phi) is 6.22. The van der Waals surface area contributed by atoms with Gasteiger partial charge in [-0.25, -0.2) is 8.42 Å². The summed E-state index contributed by atoms with van der Waals surface area (Å²) in [7, 11) is 0.147. The normalized spacial score (nSPS) is 25.8. The van der Waals surface area contributed by atoms with Gasteiger partial charge in [-0.3, -0.25) is 9.69 Å². The van der Waals surface area contributed by atoms with Crippen molar-refractivity contribution in [3.8, 4) is 0 Å². The van der Waals surface area contributed by atoms with Crippen LogP contribution in [0.4, 0.5) is 0 Å². The van der Waals surface area contributed by atoms with E-state index in [4.69, 9.17) is 4.42 Å². The van der Waals surface area contributed by atoms with Crippen molar-refractivity contribution < 1.29 is 17.6 Å². The molecule has 1 aromatic heterocycles. The molecule has 0 unspecified atom stereocenters. The van der Waals surface area contributed by atoms with E-state index in [-0.39, 0.29) is 33.7 Å². The highest BCUT2D eigenvalue weighted by Crippen LogP contribution is 2.53. The first kappa shape index (κ1) is 24.0. The Bertz CT molecular complexity index is 1110. The number of carbonyl (C=O) groups excluding carboxylic acids is 1. The van der Waals surface area contributed by atoms with Crippen molar-refractivity contribution in [2.75, 3.05) is 27.2 Å². The first-order chi connectivity index (χ1) is 15.4. The summed E-state index contributed by atoms with van der Waals surface area (Å²) in [5, 5.41) is 2.92. The Labute approximate surface area is 197 Å². The Morgan fingerprint density at radius 3 is 2.64 bits per heavy atom. The molecule has 1 saturated heterocycles. The van der Waals surface area contributed by atoms with Crippen molar-refractivity contribution in [3.05, 3.63) is 54.0 Å². The van der Waals surface area contributed by atoms with Gasteiger partial charge < -0.3 is 9.73 Å². The summed E-state index contributed by atoms with van der Waals surface area (Å²) >= 11 is 0. The number of amides is 1. The minimum absolute atomic E-state index is 0.00150. The van der Waals surface area contributed by atoms with Crippen LogP contribution in [0.25, 0.3) is 0 Å². The standard InChI is InChI=1S/C25H35N3O4S/c1-24(2)13-19-14-25(3,16-24)17-28(19)33(30,31)20-9-6-8-18(12-20)23(29)26-15-21(27(4)5)22-10-7-11-32-22/h6-12,19,21H,13-17H2,1-5H3,(H,26,29)/t19-,21-,25+/m1/s1. The van der Waals surface area contributed by atoms with Gasteiger partial charge in [0.15, 0.2) is 0 Å². The highest BCUT2D eigenvalue weighted by molar-refractivity contribution is 7.89. The first-order valence-corrected chi connectivity index (χ1v) is 12.9. The molecule has 1 saturated carbocycles. The molecule has 1 aliphatic carbocycles. The van der Waals surface area contributed by atoms with Gasteiger partial charge in [0.2, 0.25) is 10.0 Å². The Hall–Kier alpha value is -2.16. The number of fused-ring (bicyclic) bond motifs is 2. The van der Waals surface area contributed by atoms with E-state index in [1.165, 1.54) is 6.07 Å². The van der Waals surface area contributed by atoms with Crippen molar-refractivity contribution >= 4 is 15.9 Å². The molecular weight excluding hydrogens is 438 g/mol. The van der Waals surface area contributed by atoms with Crippen LogP contribution in [0.15, 0.2) is 52.0 Å². The maximum Gasteiger partial charge on any atom is 0.251 e. The molecule has 33 heavy (non-hydrogen) atoms. The molecule has 8 heteroatoms. The molecule has 0 spiro atoms. The van der Waals surface area contributed by atoms with Gasteiger partial charge in [-0.2, -0.15) is 4.31 Å². The van der Waals surface area contributed by atoms with Crippen LogP contribution in [0.1, 0.15) is 62.2 Å². The van der Waals surface area contributed by atoms with Gasteiger partial charge in [0, 0.05) is 24.7 Å². The topological polar surface area (TPSA) is 82.9 Å². The molecule has 2 aliphatic rings. The van der Waals surface area contributed by atoms with E-state index in [0.29, 0.717) is 18.7 Å². The molecule has 1 aliphatic heterocycles. The molecule has 2 fully saturated rings. The Morgan fingerprint density at radius 1 is 1.21 bits per heavy atom. The van der Waals surface area contributed by atoms with Crippen LogP contribution >= 0.6 is 0 Å². The van der Waals surface area contributed by atoms with Gasteiger partial charge in [-0.15, -0.1) is 0 Å². The van der Waals surface area contributed by atoms with E-state index >= 15 is 0 Å². The fourth-order valence-electron chi connectivity index (χ4n) is 5.93. The number of nitrogens with one attached hydrogen (secondary N) is 1. The number of hydrogen-bond acceptors (Lipinski definition) is 5. The number of furan rings is 1. The van der Waals surface area contributed by atoms with Gasteiger partial charge in [-0.05, 0) is 74.5 Å². The zero-order chi connectivity index (χ0) is 24.0. The van der Waals surface area contributed by atoms with Crippen molar-refractivity contribution in [1.29, 1.82) is 0 Å². The summed E-state index contributed by atoms with van der Waals surface area (Å²) in [6.45, 7) is 7.52. The average Bonchev–Trinajstić information content (AvgIpc) is 3.33. The predicted molar refractivity (Wildman–Crippen MR) is 127 cm³/mol. The highest BCUT2D eigenvalue weighted by Gasteiger charge is 2.53. The number of sulfonamides is 1. The fourth-order valence-corrected chi connectivity index (χ4v) is 7.75. The van der Waals surface area contributed by atoms with Gasteiger partial charge in [-0.1, -0.05) is 26.8 Å². The summed E-state index contributed by atoms with van der Waals surface area (Å²) in [6, 6.07) is 9.96. The lowest BCUT2D eigenvalue weighted by Gasteiger charge is -2.39. The lowest BCUT2D eigenvalue weighted by Crippen LogP contribution is -2.38. The SMILES string of the molecule is CN(C)[C@H](CNC(=O)c1cccc(S(=O)(=O)N2C[C@@]3(C)C[C@H]2CC(C)(C)C3)c1)c1ccco1. The molecule has 3 atom stereocenters. The molecule has 7 nitrogen and oxygen atoms in total. The molecule has 1 N–H and O–H groups in total. The van der Waals surface area contributed by atoms with Crippen molar-refractivity contribution in [2.45, 2.75) is 57.0 Å². The van der Waals surface area contributed by atoms with Crippen LogP contribution < -0.4 is 5.32 Å². The highest BCUT2D eigenvalue weighted by atomic mass is 32.2. The predicted octanol–water partition coefficient (Wildman–Crippen LogP) is 3.90. The van der Waals surface area contributed by atoms with E-state index in [1.54, 1.807) is 28.8 Å². The van der Waals surface area contributed by atoms with Crippen LogP contribution in [-0.4, -0.2) is 56.8 Å². The third-order valence-corrected chi connectivity index (χ3v) is 8.91. The second-order valence-electron chi connectivity index (χ2n) is 11.0. The molecule has 2 heterocycles. The minimum atomic E-state index is -3.69. The lowest BCUT2D eigenvalue weighted by molar-refractivity contribution is 0.0938. The van der Waals surface area contributed by atoms with Crippen LogP contribution in [0.5, 0.6) is 0 Å². The van der Waals surface area contributed by atoms with Crippen LogP contribution in [0.2, 0.25) is 0 Å². The number of rotatable bonds is 7. The quantitative estimate of drug-likeness (QED) is 0.659. The number of likely N-dealkylation sites (N-methyl/N-ethyl adjacent to an activating group) is 1. The van der Waals surface area contributed by atoms with Crippen LogP contribution in [0.3, 0.4) is 0 Å². The summed E-state index contributed by atoms with van der Waals surface area (Å²) in [6.07, 6.45) is 4.39. The smallest absolute Gasteiger partial charge is 0.251 e. The minimum Gasteiger partial charge on any atom is -0.468 e. The van der Waals surface area contributed by atoms with Gasteiger partial charge in [0.1, 0.15) is 5.76 Å². The number of nitrogens with zero attached hydrogens (tertiary/aromatic N) is 2. The van der Waals surface area contributed by atoms with E-state index < -0.39 is 10.0 Å². The molecule has 180 valence electrons. The molecule has 2 bridgehead atoms.